The topological polar surface area (TPSA) is 35.2 Å². The maximum absolute atomic E-state index is 13.0. The molecule has 2 nitrogen and oxygen atoms in total. The quantitative estimate of drug-likeness (QED) is 0.898. The number of halogens is 3. The second kappa shape index (κ2) is 5.67. The van der Waals surface area contributed by atoms with Gasteiger partial charge >= 0.3 is 0 Å². The van der Waals surface area contributed by atoms with Crippen LogP contribution in [0.4, 0.5) is 8.78 Å². The fourth-order valence-corrected chi connectivity index (χ4v) is 2.38. The van der Waals surface area contributed by atoms with Crippen LogP contribution in [0, 0.1) is 11.6 Å². The van der Waals surface area contributed by atoms with E-state index in [-0.39, 0.29) is 11.8 Å². The number of nitrogens with two attached hydrogens (primary N) is 1. The molecule has 2 rings (SSSR count). The molecule has 0 saturated heterocycles. The van der Waals surface area contributed by atoms with Gasteiger partial charge in [-0.3, -0.25) is 0 Å². The number of hydrogen-bond acceptors (Lipinski definition) is 2. The molecule has 0 amide bonds. The lowest BCUT2D eigenvalue weighted by molar-refractivity contribution is 0.467. The Bertz CT molecular complexity index is 582. The van der Waals surface area contributed by atoms with Crippen LogP contribution in [0.3, 0.4) is 0 Å². The van der Waals surface area contributed by atoms with Crippen LogP contribution >= 0.6 is 15.9 Å². The Balaban J connectivity index is 2.26. The molecule has 19 heavy (non-hydrogen) atoms. The third-order valence-corrected chi connectivity index (χ3v) is 3.22. The van der Waals surface area contributed by atoms with Crippen molar-refractivity contribution >= 4 is 15.9 Å². The van der Waals surface area contributed by atoms with Gasteiger partial charge in [0.1, 0.15) is 23.1 Å². The molecule has 1 unspecified atom stereocenters. The van der Waals surface area contributed by atoms with Crippen LogP contribution in [0.25, 0.3) is 0 Å². The van der Waals surface area contributed by atoms with Gasteiger partial charge in [-0.1, -0.05) is 22.0 Å². The third-order valence-electron chi connectivity index (χ3n) is 2.53. The highest BCUT2D eigenvalue weighted by atomic mass is 79.9. The van der Waals surface area contributed by atoms with Crippen LogP contribution in [0.2, 0.25) is 0 Å². The zero-order valence-corrected chi connectivity index (χ0v) is 11.7. The van der Waals surface area contributed by atoms with Gasteiger partial charge in [-0.2, -0.15) is 0 Å². The lowest BCUT2D eigenvalue weighted by atomic mass is 10.1. The molecule has 0 aliphatic carbocycles. The first kappa shape index (κ1) is 14.0. The summed E-state index contributed by atoms with van der Waals surface area (Å²) in [7, 11) is 0. The minimum Gasteiger partial charge on any atom is -0.457 e. The van der Waals surface area contributed by atoms with Crippen LogP contribution < -0.4 is 10.5 Å². The summed E-state index contributed by atoms with van der Waals surface area (Å²) in [5.41, 5.74) is 6.72. The Morgan fingerprint density at radius 3 is 2.21 bits per heavy atom. The van der Waals surface area contributed by atoms with Crippen molar-refractivity contribution in [2.24, 2.45) is 5.73 Å². The molecule has 1 atom stereocenters. The number of benzene rings is 2. The average Bonchev–Trinajstić information content (AvgIpc) is 2.26. The molecule has 0 saturated carbocycles. The third kappa shape index (κ3) is 3.52. The van der Waals surface area contributed by atoms with Crippen molar-refractivity contribution in [3.63, 3.8) is 0 Å². The SMILES string of the molecule is CC(N)c1ccc(Oc2cc(F)cc(F)c2)cc1Br. The van der Waals surface area contributed by atoms with E-state index in [0.717, 1.165) is 28.2 Å². The van der Waals surface area contributed by atoms with E-state index in [1.807, 2.05) is 6.92 Å². The molecular weight excluding hydrogens is 316 g/mol. The first-order valence-corrected chi connectivity index (χ1v) is 6.44. The van der Waals surface area contributed by atoms with E-state index in [2.05, 4.69) is 15.9 Å². The molecule has 0 aromatic heterocycles. The fraction of sp³-hybridized carbons (Fsp3) is 0.143. The minimum atomic E-state index is -0.679. The number of hydrogen-bond donors (Lipinski definition) is 1. The molecule has 0 heterocycles. The smallest absolute Gasteiger partial charge is 0.133 e. The van der Waals surface area contributed by atoms with Crippen molar-refractivity contribution in [2.75, 3.05) is 0 Å². The molecule has 2 aromatic carbocycles. The molecule has 0 radical (unpaired) electrons. The summed E-state index contributed by atoms with van der Waals surface area (Å²) >= 11 is 3.38. The molecular formula is C14H12BrF2NO. The minimum absolute atomic E-state index is 0.109. The first-order valence-electron chi connectivity index (χ1n) is 5.64. The zero-order valence-electron chi connectivity index (χ0n) is 10.2. The summed E-state index contributed by atoms with van der Waals surface area (Å²) in [5.74, 6) is -0.776. The van der Waals surface area contributed by atoms with Crippen molar-refractivity contribution in [1.82, 2.24) is 0 Å². The highest BCUT2D eigenvalue weighted by molar-refractivity contribution is 9.10. The number of ether oxygens (including phenoxy) is 1. The van der Waals surface area contributed by atoms with Gasteiger partial charge < -0.3 is 10.5 Å². The second-order valence-electron chi connectivity index (χ2n) is 4.18. The van der Waals surface area contributed by atoms with Gasteiger partial charge in [0.25, 0.3) is 0 Å². The maximum Gasteiger partial charge on any atom is 0.133 e. The molecule has 0 bridgehead atoms. The van der Waals surface area contributed by atoms with E-state index in [1.54, 1.807) is 18.2 Å². The standard InChI is InChI=1S/C14H12BrF2NO/c1-8(18)13-3-2-11(7-14(13)15)19-12-5-9(16)4-10(17)6-12/h2-8H,18H2,1H3. The van der Waals surface area contributed by atoms with Crippen LogP contribution in [0.1, 0.15) is 18.5 Å². The second-order valence-corrected chi connectivity index (χ2v) is 5.03. The van der Waals surface area contributed by atoms with Crippen LogP contribution in [-0.4, -0.2) is 0 Å². The van der Waals surface area contributed by atoms with Crippen LogP contribution in [0.5, 0.6) is 11.5 Å². The molecule has 0 aliphatic rings. The van der Waals surface area contributed by atoms with Crippen molar-refractivity contribution in [3.8, 4) is 11.5 Å². The van der Waals surface area contributed by atoms with E-state index < -0.39 is 11.6 Å². The lowest BCUT2D eigenvalue weighted by Crippen LogP contribution is -2.05. The summed E-state index contributed by atoms with van der Waals surface area (Å²) in [5, 5.41) is 0. The lowest BCUT2D eigenvalue weighted by Gasteiger charge is -2.11. The fourth-order valence-electron chi connectivity index (χ4n) is 1.66. The van der Waals surface area contributed by atoms with Gasteiger partial charge in [0.05, 0.1) is 0 Å². The number of rotatable bonds is 3. The van der Waals surface area contributed by atoms with E-state index in [0.29, 0.717) is 5.75 Å². The van der Waals surface area contributed by atoms with E-state index in [1.165, 1.54) is 0 Å². The van der Waals surface area contributed by atoms with Crippen molar-refractivity contribution < 1.29 is 13.5 Å². The van der Waals surface area contributed by atoms with Crippen molar-refractivity contribution in [2.45, 2.75) is 13.0 Å². The van der Waals surface area contributed by atoms with E-state index in [4.69, 9.17) is 10.5 Å². The van der Waals surface area contributed by atoms with Crippen LogP contribution in [-0.2, 0) is 0 Å². The van der Waals surface area contributed by atoms with Gasteiger partial charge in [0.2, 0.25) is 0 Å². The van der Waals surface area contributed by atoms with Gasteiger partial charge in [-0.25, -0.2) is 8.78 Å². The Morgan fingerprint density at radius 2 is 1.68 bits per heavy atom. The van der Waals surface area contributed by atoms with Gasteiger partial charge in [-0.15, -0.1) is 0 Å². The summed E-state index contributed by atoms with van der Waals surface area (Å²) in [6.45, 7) is 1.86. The zero-order chi connectivity index (χ0) is 14.0. The van der Waals surface area contributed by atoms with Gasteiger partial charge in [0, 0.05) is 28.7 Å². The molecule has 2 N–H and O–H groups in total. The summed E-state index contributed by atoms with van der Waals surface area (Å²) in [4.78, 5) is 0. The Hall–Kier alpha value is -1.46. The van der Waals surface area contributed by atoms with Crippen molar-refractivity contribution in [3.05, 3.63) is 58.1 Å². The predicted molar refractivity (Wildman–Crippen MR) is 73.2 cm³/mol. The maximum atomic E-state index is 13.0. The average molecular weight is 328 g/mol. The molecule has 0 fully saturated rings. The summed E-state index contributed by atoms with van der Waals surface area (Å²) < 4.78 is 32.3. The van der Waals surface area contributed by atoms with Crippen LogP contribution in [0.15, 0.2) is 40.9 Å². The van der Waals surface area contributed by atoms with E-state index in [9.17, 15) is 8.78 Å². The Kier molecular flexibility index (Phi) is 4.17. The van der Waals surface area contributed by atoms with E-state index >= 15 is 0 Å². The normalized spacial score (nSPS) is 12.3. The summed E-state index contributed by atoms with van der Waals surface area (Å²) in [6, 6.07) is 8.14. The molecule has 0 aliphatic heterocycles. The van der Waals surface area contributed by atoms with Crippen molar-refractivity contribution in [1.29, 1.82) is 0 Å². The highest BCUT2D eigenvalue weighted by Gasteiger charge is 2.08. The molecule has 2 aromatic rings. The molecule has 100 valence electrons. The molecule has 0 spiro atoms. The first-order chi connectivity index (χ1) is 8.95. The monoisotopic (exact) mass is 327 g/mol. The van der Waals surface area contributed by atoms with Gasteiger partial charge in [0.15, 0.2) is 0 Å². The Morgan fingerprint density at radius 1 is 1.05 bits per heavy atom. The summed E-state index contributed by atoms with van der Waals surface area (Å²) in [6.07, 6.45) is 0. The Labute approximate surface area is 118 Å². The molecule has 5 heteroatoms. The highest BCUT2D eigenvalue weighted by Crippen LogP contribution is 2.30. The predicted octanol–water partition coefficient (Wildman–Crippen LogP) is 4.54. The van der Waals surface area contributed by atoms with Gasteiger partial charge in [-0.05, 0) is 24.6 Å². The largest absolute Gasteiger partial charge is 0.457 e.